The summed E-state index contributed by atoms with van der Waals surface area (Å²) in [4.78, 5) is 4.63. The Balaban J connectivity index is 2.46. The van der Waals surface area contributed by atoms with Crippen LogP contribution in [0.15, 0.2) is 18.2 Å². The lowest BCUT2D eigenvalue weighted by Crippen LogP contribution is -2.04. The first-order chi connectivity index (χ1) is 8.15. The molecule has 0 saturated carbocycles. The fourth-order valence-corrected chi connectivity index (χ4v) is 1.95. The molecule has 0 bridgehead atoms. The predicted molar refractivity (Wildman–Crippen MR) is 68.6 cm³/mol. The summed E-state index contributed by atoms with van der Waals surface area (Å²) in [5, 5.41) is 8.90. The number of rotatable bonds is 3. The zero-order valence-electron chi connectivity index (χ0n) is 10.6. The molecule has 0 N–H and O–H groups in total. The van der Waals surface area contributed by atoms with E-state index in [2.05, 4.69) is 29.5 Å². The van der Waals surface area contributed by atoms with E-state index < -0.39 is 0 Å². The van der Waals surface area contributed by atoms with Gasteiger partial charge in [0.25, 0.3) is 0 Å². The van der Waals surface area contributed by atoms with Crippen molar-refractivity contribution in [2.75, 3.05) is 0 Å². The number of nitriles is 1. The molecule has 2 aromatic rings. The third kappa shape index (κ3) is 2.16. The van der Waals surface area contributed by atoms with Crippen molar-refractivity contribution in [1.29, 1.82) is 5.26 Å². The molecule has 0 aliphatic heterocycles. The fraction of sp³-hybridized carbons (Fsp3) is 0.429. The van der Waals surface area contributed by atoms with Crippen LogP contribution in [0.1, 0.15) is 31.7 Å². The van der Waals surface area contributed by atoms with Crippen molar-refractivity contribution in [2.45, 2.75) is 26.7 Å². The standard InChI is InChI=1S/C14H17N3/c1-4-10(2)7-14-16-12-6-5-11(9-15)8-13(12)17(14)3/h5-6,8,10H,4,7H2,1-3H3. The molecule has 0 aliphatic carbocycles. The Bertz CT molecular complexity index is 575. The molecule has 0 amide bonds. The third-order valence-corrected chi connectivity index (χ3v) is 3.33. The summed E-state index contributed by atoms with van der Waals surface area (Å²) >= 11 is 0. The van der Waals surface area contributed by atoms with Gasteiger partial charge in [-0.05, 0) is 24.1 Å². The molecule has 17 heavy (non-hydrogen) atoms. The van der Waals surface area contributed by atoms with E-state index in [-0.39, 0.29) is 0 Å². The van der Waals surface area contributed by atoms with E-state index in [4.69, 9.17) is 5.26 Å². The monoisotopic (exact) mass is 227 g/mol. The molecule has 1 heterocycles. The maximum absolute atomic E-state index is 8.90. The molecule has 1 aromatic carbocycles. The third-order valence-electron chi connectivity index (χ3n) is 3.33. The molecule has 0 fully saturated rings. The summed E-state index contributed by atoms with van der Waals surface area (Å²) in [7, 11) is 2.02. The lowest BCUT2D eigenvalue weighted by Gasteiger charge is -2.07. The van der Waals surface area contributed by atoms with E-state index in [1.54, 1.807) is 0 Å². The van der Waals surface area contributed by atoms with Gasteiger partial charge in [-0.15, -0.1) is 0 Å². The minimum Gasteiger partial charge on any atom is -0.331 e. The van der Waals surface area contributed by atoms with Crippen LogP contribution in [0.4, 0.5) is 0 Å². The first-order valence-corrected chi connectivity index (χ1v) is 6.01. The number of nitrogens with zero attached hydrogens (tertiary/aromatic N) is 3. The SMILES string of the molecule is CCC(C)Cc1nc2ccc(C#N)cc2n1C. The van der Waals surface area contributed by atoms with Crippen molar-refractivity contribution >= 4 is 11.0 Å². The van der Waals surface area contributed by atoms with E-state index in [0.717, 1.165) is 29.7 Å². The molecule has 1 atom stereocenters. The van der Waals surface area contributed by atoms with E-state index in [1.807, 2.05) is 25.2 Å². The van der Waals surface area contributed by atoms with Crippen LogP contribution in [0.2, 0.25) is 0 Å². The van der Waals surface area contributed by atoms with Gasteiger partial charge in [-0.25, -0.2) is 4.98 Å². The van der Waals surface area contributed by atoms with Gasteiger partial charge in [0.15, 0.2) is 0 Å². The van der Waals surface area contributed by atoms with Crippen molar-refractivity contribution in [2.24, 2.45) is 13.0 Å². The van der Waals surface area contributed by atoms with Crippen molar-refractivity contribution in [3.05, 3.63) is 29.6 Å². The number of benzene rings is 1. The van der Waals surface area contributed by atoms with Crippen molar-refractivity contribution in [3.63, 3.8) is 0 Å². The summed E-state index contributed by atoms with van der Waals surface area (Å²) < 4.78 is 2.10. The van der Waals surface area contributed by atoms with E-state index in [0.29, 0.717) is 11.5 Å². The molecular formula is C14H17N3. The predicted octanol–water partition coefficient (Wildman–Crippen LogP) is 3.03. The Hall–Kier alpha value is -1.82. The normalized spacial score (nSPS) is 12.6. The van der Waals surface area contributed by atoms with Gasteiger partial charge in [0, 0.05) is 13.5 Å². The highest BCUT2D eigenvalue weighted by Crippen LogP contribution is 2.19. The Labute approximate surface area is 102 Å². The van der Waals surface area contributed by atoms with Gasteiger partial charge in [-0.2, -0.15) is 5.26 Å². The highest BCUT2D eigenvalue weighted by atomic mass is 15.1. The largest absolute Gasteiger partial charge is 0.331 e. The van der Waals surface area contributed by atoms with Crippen LogP contribution in [-0.2, 0) is 13.5 Å². The topological polar surface area (TPSA) is 41.6 Å². The van der Waals surface area contributed by atoms with Gasteiger partial charge in [0.1, 0.15) is 5.82 Å². The number of fused-ring (bicyclic) bond motifs is 1. The average Bonchev–Trinajstić information content (AvgIpc) is 2.66. The molecule has 0 saturated heterocycles. The minimum absolute atomic E-state index is 0.640. The molecule has 0 radical (unpaired) electrons. The van der Waals surface area contributed by atoms with Gasteiger partial charge in [-0.3, -0.25) is 0 Å². The number of aryl methyl sites for hydroxylation is 1. The number of hydrogen-bond donors (Lipinski definition) is 0. The average molecular weight is 227 g/mol. The van der Waals surface area contributed by atoms with E-state index in [1.165, 1.54) is 0 Å². The van der Waals surface area contributed by atoms with Crippen molar-refractivity contribution in [1.82, 2.24) is 9.55 Å². The fourth-order valence-electron chi connectivity index (χ4n) is 1.95. The molecule has 2 rings (SSSR count). The second kappa shape index (κ2) is 4.58. The highest BCUT2D eigenvalue weighted by molar-refractivity contribution is 5.77. The lowest BCUT2D eigenvalue weighted by molar-refractivity contribution is 0.535. The molecule has 3 heteroatoms. The second-order valence-corrected chi connectivity index (χ2v) is 4.62. The quantitative estimate of drug-likeness (QED) is 0.808. The molecule has 88 valence electrons. The zero-order valence-corrected chi connectivity index (χ0v) is 10.6. The molecular weight excluding hydrogens is 210 g/mol. The second-order valence-electron chi connectivity index (χ2n) is 4.62. The Kier molecular flexibility index (Phi) is 3.14. The number of hydrogen-bond acceptors (Lipinski definition) is 2. The van der Waals surface area contributed by atoms with E-state index >= 15 is 0 Å². The van der Waals surface area contributed by atoms with Crippen LogP contribution < -0.4 is 0 Å². The van der Waals surface area contributed by atoms with Crippen LogP contribution in [0.25, 0.3) is 11.0 Å². The Morgan fingerprint density at radius 2 is 2.24 bits per heavy atom. The summed E-state index contributed by atoms with van der Waals surface area (Å²) in [5.74, 6) is 1.74. The maximum atomic E-state index is 8.90. The summed E-state index contributed by atoms with van der Waals surface area (Å²) in [6, 6.07) is 7.82. The van der Waals surface area contributed by atoms with E-state index in [9.17, 15) is 0 Å². The number of imidazole rings is 1. The molecule has 0 aliphatic rings. The molecule has 1 unspecified atom stereocenters. The van der Waals surface area contributed by atoms with Crippen LogP contribution in [-0.4, -0.2) is 9.55 Å². The van der Waals surface area contributed by atoms with Gasteiger partial charge in [-0.1, -0.05) is 20.3 Å². The summed E-state index contributed by atoms with van der Waals surface area (Å²) in [5.41, 5.74) is 2.71. The van der Waals surface area contributed by atoms with Crippen LogP contribution >= 0.6 is 0 Å². The first-order valence-electron chi connectivity index (χ1n) is 6.01. The van der Waals surface area contributed by atoms with Gasteiger partial charge < -0.3 is 4.57 Å². The molecule has 1 aromatic heterocycles. The van der Waals surface area contributed by atoms with Gasteiger partial charge in [0.05, 0.1) is 22.7 Å². The lowest BCUT2D eigenvalue weighted by atomic mass is 10.1. The first kappa shape index (κ1) is 11.7. The van der Waals surface area contributed by atoms with Crippen LogP contribution in [0.3, 0.4) is 0 Å². The Morgan fingerprint density at radius 1 is 1.47 bits per heavy atom. The van der Waals surface area contributed by atoms with Crippen LogP contribution in [0, 0.1) is 17.2 Å². The van der Waals surface area contributed by atoms with Crippen molar-refractivity contribution < 1.29 is 0 Å². The summed E-state index contributed by atoms with van der Waals surface area (Å²) in [6.07, 6.45) is 2.15. The number of aromatic nitrogens is 2. The Morgan fingerprint density at radius 3 is 2.88 bits per heavy atom. The smallest absolute Gasteiger partial charge is 0.109 e. The molecule has 0 spiro atoms. The summed E-state index contributed by atoms with van der Waals surface area (Å²) in [6.45, 7) is 4.43. The van der Waals surface area contributed by atoms with Gasteiger partial charge >= 0.3 is 0 Å². The maximum Gasteiger partial charge on any atom is 0.109 e. The van der Waals surface area contributed by atoms with Crippen LogP contribution in [0.5, 0.6) is 0 Å². The minimum atomic E-state index is 0.640. The van der Waals surface area contributed by atoms with Crippen molar-refractivity contribution in [3.8, 4) is 6.07 Å². The zero-order chi connectivity index (χ0) is 12.4. The molecule has 3 nitrogen and oxygen atoms in total. The highest BCUT2D eigenvalue weighted by Gasteiger charge is 2.10. The van der Waals surface area contributed by atoms with Gasteiger partial charge in [0.2, 0.25) is 0 Å².